The van der Waals surface area contributed by atoms with Crippen molar-refractivity contribution in [3.8, 4) is 0 Å². The minimum Gasteiger partial charge on any atom is -0.376 e. The summed E-state index contributed by atoms with van der Waals surface area (Å²) in [6.07, 6.45) is 3.92. The molecule has 1 unspecified atom stereocenters. The van der Waals surface area contributed by atoms with Gasteiger partial charge >= 0.3 is 0 Å². The number of halogens is 1. The van der Waals surface area contributed by atoms with Crippen LogP contribution in [0.5, 0.6) is 0 Å². The number of hydrogen-bond donors (Lipinski definition) is 1. The number of nitrogens with zero attached hydrogens (tertiary/aromatic N) is 1. The molecule has 0 bridgehead atoms. The molecule has 0 spiro atoms. The zero-order valence-corrected chi connectivity index (χ0v) is 12.3. The molecule has 1 saturated heterocycles. The third-order valence-corrected chi connectivity index (χ3v) is 4.08. The number of thiazole rings is 1. The molecule has 1 fully saturated rings. The molecular weight excluding hydrogens is 288 g/mol. The van der Waals surface area contributed by atoms with Crippen LogP contribution in [0.2, 0.25) is 0 Å². The summed E-state index contributed by atoms with van der Waals surface area (Å²) < 4.78 is 7.78. The molecule has 1 aromatic heterocycles. The van der Waals surface area contributed by atoms with Gasteiger partial charge in [-0.2, -0.15) is 0 Å². The van der Waals surface area contributed by atoms with E-state index in [-0.39, 0.29) is 17.0 Å². The molecule has 1 aliphatic heterocycles. The Morgan fingerprint density at radius 3 is 2.69 bits per heavy atom. The van der Waals surface area contributed by atoms with Gasteiger partial charge in [-0.25, -0.2) is 0 Å². The first-order chi connectivity index (χ1) is 7.18. The van der Waals surface area contributed by atoms with Gasteiger partial charge in [-0.3, -0.25) is 5.41 Å². The number of rotatable bonds is 2. The lowest BCUT2D eigenvalue weighted by atomic mass is 10.1. The second-order valence-electron chi connectivity index (χ2n) is 4.15. The number of aryl methyl sites for hydroxylation is 1. The monoisotopic (exact) mass is 306 g/mol. The Morgan fingerprint density at radius 1 is 1.44 bits per heavy atom. The van der Waals surface area contributed by atoms with E-state index in [0.717, 1.165) is 19.6 Å². The number of ether oxygens (including phenoxy) is 1. The molecule has 2 heterocycles. The fraction of sp³-hybridized carbons (Fsp3) is 0.727. The zero-order valence-electron chi connectivity index (χ0n) is 9.78. The van der Waals surface area contributed by atoms with Gasteiger partial charge in [0, 0.05) is 17.2 Å². The van der Waals surface area contributed by atoms with E-state index in [1.807, 2.05) is 0 Å². The molecule has 1 atom stereocenters. The lowest BCUT2D eigenvalue weighted by molar-refractivity contribution is 0.00518. The molecule has 3 nitrogen and oxygen atoms in total. The summed E-state index contributed by atoms with van der Waals surface area (Å²) in [6.45, 7) is 5.92. The average Bonchev–Trinajstić information content (AvgIpc) is 2.47. The normalized spacial score (nSPS) is 20.5. The maximum atomic E-state index is 7.88. The van der Waals surface area contributed by atoms with Crippen LogP contribution in [0.4, 0.5) is 0 Å². The summed E-state index contributed by atoms with van der Waals surface area (Å²) in [5.41, 5.74) is 1.22. The number of nitrogens with one attached hydrogen (secondary N) is 1. The SMILES string of the molecule is Br.Cc1sc(=N)n(CC2CCCCO2)c1C. The molecule has 2 rings (SSSR count). The molecule has 0 saturated carbocycles. The maximum Gasteiger partial charge on any atom is 0.182 e. The van der Waals surface area contributed by atoms with Crippen LogP contribution >= 0.6 is 28.3 Å². The second kappa shape index (κ2) is 5.98. The first kappa shape index (κ1) is 13.9. The van der Waals surface area contributed by atoms with Crippen LogP contribution in [0, 0.1) is 19.3 Å². The van der Waals surface area contributed by atoms with Crippen molar-refractivity contribution in [1.29, 1.82) is 5.41 Å². The van der Waals surface area contributed by atoms with Crippen molar-refractivity contribution in [3.05, 3.63) is 15.4 Å². The molecule has 1 aromatic rings. The van der Waals surface area contributed by atoms with E-state index < -0.39 is 0 Å². The fourth-order valence-electron chi connectivity index (χ4n) is 1.99. The molecule has 0 aliphatic carbocycles. The summed E-state index contributed by atoms with van der Waals surface area (Å²) in [5.74, 6) is 0. The summed E-state index contributed by atoms with van der Waals surface area (Å²) in [4.78, 5) is 1.90. The van der Waals surface area contributed by atoms with Crippen molar-refractivity contribution in [2.75, 3.05) is 6.61 Å². The number of hydrogen-bond acceptors (Lipinski definition) is 3. The largest absolute Gasteiger partial charge is 0.376 e. The van der Waals surface area contributed by atoms with Crippen molar-refractivity contribution in [1.82, 2.24) is 4.57 Å². The summed E-state index contributed by atoms with van der Waals surface area (Å²) in [6, 6.07) is 0. The second-order valence-corrected chi connectivity index (χ2v) is 5.35. The van der Waals surface area contributed by atoms with Crippen molar-refractivity contribution >= 4 is 28.3 Å². The van der Waals surface area contributed by atoms with Crippen molar-refractivity contribution in [2.45, 2.75) is 45.8 Å². The van der Waals surface area contributed by atoms with Crippen molar-refractivity contribution in [2.24, 2.45) is 0 Å². The molecule has 0 aromatic carbocycles. The van der Waals surface area contributed by atoms with Crippen LogP contribution in [0.25, 0.3) is 0 Å². The lowest BCUT2D eigenvalue weighted by Gasteiger charge is -2.23. The maximum absolute atomic E-state index is 7.88. The van der Waals surface area contributed by atoms with E-state index in [0.29, 0.717) is 10.9 Å². The molecule has 5 heteroatoms. The van der Waals surface area contributed by atoms with Gasteiger partial charge in [0.25, 0.3) is 0 Å². The predicted molar refractivity (Wildman–Crippen MR) is 71.6 cm³/mol. The van der Waals surface area contributed by atoms with Gasteiger partial charge in [0.2, 0.25) is 0 Å². The van der Waals surface area contributed by atoms with Crippen LogP contribution in [-0.4, -0.2) is 17.3 Å². The first-order valence-corrected chi connectivity index (χ1v) is 6.33. The standard InChI is InChI=1S/C11H18N2OS.BrH/c1-8-9(2)15-11(12)13(8)7-10-5-3-4-6-14-10;/h10,12H,3-7H2,1-2H3;1H. The van der Waals surface area contributed by atoms with Crippen LogP contribution < -0.4 is 4.80 Å². The highest BCUT2D eigenvalue weighted by Crippen LogP contribution is 2.16. The minimum absolute atomic E-state index is 0. The molecule has 0 radical (unpaired) electrons. The van der Waals surface area contributed by atoms with Gasteiger partial charge in [-0.1, -0.05) is 0 Å². The Kier molecular flexibility index (Phi) is 5.21. The molecule has 0 amide bonds. The Labute approximate surface area is 111 Å². The highest BCUT2D eigenvalue weighted by molar-refractivity contribution is 8.93. The fourth-order valence-corrected chi connectivity index (χ4v) is 2.86. The topological polar surface area (TPSA) is 38.0 Å². The van der Waals surface area contributed by atoms with Gasteiger partial charge in [0.15, 0.2) is 4.80 Å². The molecular formula is C11H19BrN2OS. The van der Waals surface area contributed by atoms with E-state index in [9.17, 15) is 0 Å². The minimum atomic E-state index is 0. The van der Waals surface area contributed by atoms with Crippen LogP contribution in [0.3, 0.4) is 0 Å². The van der Waals surface area contributed by atoms with Gasteiger partial charge in [0.05, 0.1) is 12.6 Å². The zero-order chi connectivity index (χ0) is 10.8. The number of aromatic nitrogens is 1. The predicted octanol–water partition coefficient (Wildman–Crippen LogP) is 2.79. The van der Waals surface area contributed by atoms with E-state index in [1.54, 1.807) is 11.3 Å². The Hall–Kier alpha value is -0.130. The summed E-state index contributed by atoms with van der Waals surface area (Å²) in [5, 5.41) is 7.88. The lowest BCUT2D eigenvalue weighted by Crippen LogP contribution is -2.28. The smallest absolute Gasteiger partial charge is 0.182 e. The molecule has 1 N–H and O–H groups in total. The first-order valence-electron chi connectivity index (χ1n) is 5.51. The Balaban J connectivity index is 0.00000128. The molecule has 16 heavy (non-hydrogen) atoms. The highest BCUT2D eigenvalue weighted by atomic mass is 79.9. The molecule has 92 valence electrons. The van der Waals surface area contributed by atoms with Crippen LogP contribution in [0.15, 0.2) is 0 Å². The van der Waals surface area contributed by atoms with E-state index >= 15 is 0 Å². The van der Waals surface area contributed by atoms with Crippen molar-refractivity contribution < 1.29 is 4.74 Å². The average molecular weight is 307 g/mol. The summed E-state index contributed by atoms with van der Waals surface area (Å²) in [7, 11) is 0. The van der Waals surface area contributed by atoms with Gasteiger partial charge in [0.1, 0.15) is 0 Å². The van der Waals surface area contributed by atoms with Crippen molar-refractivity contribution in [3.63, 3.8) is 0 Å². The Morgan fingerprint density at radius 2 is 2.19 bits per heavy atom. The van der Waals surface area contributed by atoms with E-state index in [4.69, 9.17) is 10.1 Å². The van der Waals surface area contributed by atoms with Gasteiger partial charge < -0.3 is 9.30 Å². The third kappa shape index (κ3) is 2.96. The quantitative estimate of drug-likeness (QED) is 0.896. The highest BCUT2D eigenvalue weighted by Gasteiger charge is 2.16. The van der Waals surface area contributed by atoms with E-state index in [2.05, 4.69) is 18.4 Å². The molecule has 1 aliphatic rings. The Bertz CT molecular complexity index is 393. The summed E-state index contributed by atoms with van der Waals surface area (Å²) >= 11 is 1.56. The third-order valence-electron chi connectivity index (χ3n) is 3.07. The van der Waals surface area contributed by atoms with Gasteiger partial charge in [-0.15, -0.1) is 28.3 Å². The van der Waals surface area contributed by atoms with Gasteiger partial charge in [-0.05, 0) is 33.1 Å². The van der Waals surface area contributed by atoms with Crippen LogP contribution in [0.1, 0.15) is 29.8 Å². The van der Waals surface area contributed by atoms with E-state index in [1.165, 1.54) is 23.4 Å². The van der Waals surface area contributed by atoms with Crippen LogP contribution in [-0.2, 0) is 11.3 Å².